The predicted octanol–water partition coefficient (Wildman–Crippen LogP) is 1.49. The van der Waals surface area contributed by atoms with Gasteiger partial charge in [0.2, 0.25) is 0 Å². The minimum absolute atomic E-state index is 1.08. The van der Waals surface area contributed by atoms with Crippen LogP contribution in [-0.4, -0.2) is 25.6 Å². The Morgan fingerprint density at radius 2 is 1.67 bits per heavy atom. The summed E-state index contributed by atoms with van der Waals surface area (Å²) in [6.45, 7) is 7.23. The van der Waals surface area contributed by atoms with Gasteiger partial charge in [-0.25, -0.2) is 0 Å². The van der Waals surface area contributed by atoms with E-state index in [-0.39, 0.29) is 0 Å². The monoisotopic (exact) mass is 132 g/mol. The fourth-order valence-electron chi connectivity index (χ4n) is 0.335. The summed E-state index contributed by atoms with van der Waals surface area (Å²) in [5, 5.41) is 1.96. The van der Waals surface area contributed by atoms with E-state index in [2.05, 4.69) is 12.3 Å². The Hall–Kier alpha value is -0.0800. The normalized spacial score (nSPS) is 8.67. The molecule has 0 aliphatic rings. The Balaban J connectivity index is 0. The minimum atomic E-state index is 1.08. The summed E-state index contributed by atoms with van der Waals surface area (Å²) in [6.07, 6.45) is 1.19. The maximum Gasteiger partial charge on any atom is 0.00993 e. The number of hydrogen-bond donors (Lipinski definition) is 1. The molecule has 0 saturated heterocycles. The van der Waals surface area contributed by atoms with Crippen LogP contribution in [-0.2, 0) is 0 Å². The molecule has 0 amide bonds. The fraction of sp³-hybridized carbons (Fsp3) is 1.00. The van der Waals surface area contributed by atoms with Crippen LogP contribution in [0.1, 0.15) is 27.2 Å². The van der Waals surface area contributed by atoms with Gasteiger partial charge in [-0.15, -0.1) is 0 Å². The van der Waals surface area contributed by atoms with E-state index in [1.54, 1.807) is 0 Å². The number of nitrogens with zero attached hydrogens (tertiary/aromatic N) is 1. The molecule has 2 nitrogen and oxygen atoms in total. The zero-order valence-corrected chi connectivity index (χ0v) is 7.36. The van der Waals surface area contributed by atoms with Gasteiger partial charge in [0.25, 0.3) is 0 Å². The molecule has 0 atom stereocenters. The highest BCUT2D eigenvalue weighted by Gasteiger charge is 1.80. The molecule has 0 aliphatic carbocycles. The third-order valence-corrected chi connectivity index (χ3v) is 0.678. The van der Waals surface area contributed by atoms with E-state index in [0.29, 0.717) is 0 Å². The van der Waals surface area contributed by atoms with Gasteiger partial charge in [0.1, 0.15) is 0 Å². The summed E-state index contributed by atoms with van der Waals surface area (Å²) >= 11 is 0. The molecule has 0 heterocycles. The smallest absolute Gasteiger partial charge is 0.00993 e. The summed E-state index contributed by atoms with van der Waals surface area (Å²) in [5.74, 6) is 0. The quantitative estimate of drug-likeness (QED) is 0.585. The van der Waals surface area contributed by atoms with Crippen molar-refractivity contribution in [3.05, 3.63) is 0 Å². The molecular formula is C7H20N2. The van der Waals surface area contributed by atoms with Gasteiger partial charge in [0.05, 0.1) is 0 Å². The Bertz CT molecular complexity index is 35.9. The van der Waals surface area contributed by atoms with Crippen molar-refractivity contribution >= 4 is 0 Å². The standard InChI is InChI=1S/C5H14N2.C2H6/c1-4-5-6-7(2)3;1-2/h6H,4-5H2,1-3H3;1-2H3. The van der Waals surface area contributed by atoms with Crippen molar-refractivity contribution in [1.29, 1.82) is 0 Å². The Labute approximate surface area is 59.2 Å². The molecule has 0 radical (unpaired) electrons. The van der Waals surface area contributed by atoms with E-state index in [9.17, 15) is 0 Å². The van der Waals surface area contributed by atoms with Crippen LogP contribution in [0.25, 0.3) is 0 Å². The molecule has 0 aromatic carbocycles. The van der Waals surface area contributed by atoms with Crippen LogP contribution >= 0.6 is 0 Å². The number of hydrazine groups is 1. The van der Waals surface area contributed by atoms with Crippen molar-refractivity contribution in [2.24, 2.45) is 0 Å². The Kier molecular flexibility index (Phi) is 14.0. The topological polar surface area (TPSA) is 15.3 Å². The predicted molar refractivity (Wildman–Crippen MR) is 43.3 cm³/mol. The van der Waals surface area contributed by atoms with E-state index in [1.165, 1.54) is 6.42 Å². The maximum absolute atomic E-state index is 3.13. The third-order valence-electron chi connectivity index (χ3n) is 0.678. The summed E-state index contributed by atoms with van der Waals surface area (Å²) in [5.41, 5.74) is 3.13. The zero-order chi connectivity index (χ0) is 7.70. The summed E-state index contributed by atoms with van der Waals surface area (Å²) in [7, 11) is 3.99. The molecule has 0 aliphatic heterocycles. The second-order valence-corrected chi connectivity index (χ2v) is 1.80. The molecule has 0 aromatic rings. The van der Waals surface area contributed by atoms with Crippen LogP contribution in [0.15, 0.2) is 0 Å². The third kappa shape index (κ3) is 18.1. The second-order valence-electron chi connectivity index (χ2n) is 1.80. The lowest BCUT2D eigenvalue weighted by atomic mass is 10.5. The minimum Gasteiger partial charge on any atom is -0.256 e. The first-order valence-corrected chi connectivity index (χ1v) is 3.68. The van der Waals surface area contributed by atoms with Gasteiger partial charge in [-0.1, -0.05) is 20.8 Å². The van der Waals surface area contributed by atoms with Crippen molar-refractivity contribution < 1.29 is 0 Å². The first-order valence-electron chi connectivity index (χ1n) is 3.68. The van der Waals surface area contributed by atoms with Crippen LogP contribution in [0, 0.1) is 0 Å². The molecule has 0 spiro atoms. The first kappa shape index (κ1) is 11.7. The highest BCUT2D eigenvalue weighted by Crippen LogP contribution is 1.68. The summed E-state index contributed by atoms with van der Waals surface area (Å²) in [6, 6.07) is 0. The van der Waals surface area contributed by atoms with Gasteiger partial charge in [0, 0.05) is 20.6 Å². The maximum atomic E-state index is 3.13. The number of hydrogen-bond acceptors (Lipinski definition) is 2. The van der Waals surface area contributed by atoms with Crippen LogP contribution in [0.5, 0.6) is 0 Å². The highest BCUT2D eigenvalue weighted by molar-refractivity contribution is 4.32. The lowest BCUT2D eigenvalue weighted by Gasteiger charge is -2.08. The Morgan fingerprint density at radius 3 is 1.78 bits per heavy atom. The highest BCUT2D eigenvalue weighted by atomic mass is 15.5. The van der Waals surface area contributed by atoms with Gasteiger partial charge in [0.15, 0.2) is 0 Å². The fourth-order valence-corrected chi connectivity index (χ4v) is 0.335. The van der Waals surface area contributed by atoms with Crippen LogP contribution < -0.4 is 5.43 Å². The van der Waals surface area contributed by atoms with E-state index >= 15 is 0 Å². The van der Waals surface area contributed by atoms with E-state index < -0.39 is 0 Å². The lowest BCUT2D eigenvalue weighted by Crippen LogP contribution is -2.30. The molecule has 0 bridgehead atoms. The molecule has 0 fully saturated rings. The van der Waals surface area contributed by atoms with Crippen molar-refractivity contribution in [2.45, 2.75) is 27.2 Å². The molecule has 0 saturated carbocycles. The molecule has 0 aromatic heterocycles. The van der Waals surface area contributed by atoms with Gasteiger partial charge >= 0.3 is 0 Å². The van der Waals surface area contributed by atoms with Gasteiger partial charge in [-0.3, -0.25) is 10.4 Å². The number of rotatable bonds is 3. The van der Waals surface area contributed by atoms with Crippen molar-refractivity contribution in [3.8, 4) is 0 Å². The summed E-state index contributed by atoms with van der Waals surface area (Å²) in [4.78, 5) is 0. The van der Waals surface area contributed by atoms with Gasteiger partial charge in [-0.05, 0) is 6.42 Å². The van der Waals surface area contributed by atoms with Crippen LogP contribution in [0.4, 0.5) is 0 Å². The van der Waals surface area contributed by atoms with Crippen molar-refractivity contribution in [1.82, 2.24) is 10.4 Å². The molecule has 1 N–H and O–H groups in total. The van der Waals surface area contributed by atoms with Gasteiger partial charge in [-0.2, -0.15) is 0 Å². The molecule has 0 unspecified atom stereocenters. The summed E-state index contributed by atoms with van der Waals surface area (Å²) < 4.78 is 0. The van der Waals surface area contributed by atoms with E-state index in [4.69, 9.17) is 0 Å². The SMILES string of the molecule is CC.CCCNN(C)C. The van der Waals surface area contributed by atoms with Crippen molar-refractivity contribution in [2.75, 3.05) is 20.6 Å². The number of nitrogens with one attached hydrogen (secondary N) is 1. The molecule has 2 heteroatoms. The Morgan fingerprint density at radius 1 is 1.22 bits per heavy atom. The molecule has 9 heavy (non-hydrogen) atoms. The largest absolute Gasteiger partial charge is 0.256 e. The zero-order valence-electron chi connectivity index (χ0n) is 7.36. The second kappa shape index (κ2) is 10.8. The lowest BCUT2D eigenvalue weighted by molar-refractivity contribution is 0.291. The van der Waals surface area contributed by atoms with Crippen LogP contribution in [0.2, 0.25) is 0 Å². The van der Waals surface area contributed by atoms with E-state index in [1.807, 2.05) is 33.0 Å². The molecule has 58 valence electrons. The molecular weight excluding hydrogens is 112 g/mol. The average molecular weight is 132 g/mol. The van der Waals surface area contributed by atoms with Gasteiger partial charge < -0.3 is 0 Å². The average Bonchev–Trinajstić information content (AvgIpc) is 1.88. The van der Waals surface area contributed by atoms with Crippen LogP contribution in [0.3, 0.4) is 0 Å². The van der Waals surface area contributed by atoms with Crippen molar-refractivity contribution in [3.63, 3.8) is 0 Å². The van der Waals surface area contributed by atoms with E-state index in [0.717, 1.165) is 6.54 Å². The molecule has 0 rings (SSSR count). The first-order chi connectivity index (χ1) is 4.27.